The van der Waals surface area contributed by atoms with Crippen LogP contribution in [-0.2, 0) is 16.0 Å². The van der Waals surface area contributed by atoms with Gasteiger partial charge in [0.15, 0.2) is 0 Å². The van der Waals surface area contributed by atoms with Crippen molar-refractivity contribution >= 4 is 17.2 Å². The first-order valence-corrected chi connectivity index (χ1v) is 6.92. The van der Waals surface area contributed by atoms with Gasteiger partial charge < -0.3 is 15.2 Å². The highest BCUT2D eigenvalue weighted by Crippen LogP contribution is 2.20. The van der Waals surface area contributed by atoms with Gasteiger partial charge in [0.05, 0.1) is 29.3 Å². The minimum absolute atomic E-state index is 0.0435. The molecule has 0 spiro atoms. The van der Waals surface area contributed by atoms with E-state index in [1.165, 1.54) is 11.3 Å². The molecule has 1 aliphatic heterocycles. The summed E-state index contributed by atoms with van der Waals surface area (Å²) in [6.07, 6.45) is 1.59. The van der Waals surface area contributed by atoms with E-state index in [1.54, 1.807) is 0 Å². The van der Waals surface area contributed by atoms with Gasteiger partial charge in [-0.25, -0.2) is 4.98 Å². The van der Waals surface area contributed by atoms with E-state index in [0.717, 1.165) is 10.7 Å². The van der Waals surface area contributed by atoms with Crippen LogP contribution >= 0.6 is 11.3 Å². The fraction of sp³-hybridized carbons (Fsp3) is 0.667. The number of aliphatic hydroxyl groups excluding tert-OH is 1. The third-order valence-corrected chi connectivity index (χ3v) is 3.99. The Morgan fingerprint density at radius 2 is 2.33 bits per heavy atom. The van der Waals surface area contributed by atoms with E-state index in [9.17, 15) is 9.90 Å². The van der Waals surface area contributed by atoms with Crippen LogP contribution in [0.1, 0.15) is 23.5 Å². The molecule has 1 aromatic rings. The number of hydrogen-bond acceptors (Lipinski definition) is 5. The van der Waals surface area contributed by atoms with Crippen molar-refractivity contribution in [1.29, 1.82) is 0 Å². The summed E-state index contributed by atoms with van der Waals surface area (Å²) >= 11 is 1.54. The molecule has 5 nitrogen and oxygen atoms in total. The smallest absolute Gasteiger partial charge is 0.226 e. The third-order valence-electron chi connectivity index (χ3n) is 3.17. The quantitative estimate of drug-likeness (QED) is 0.843. The van der Waals surface area contributed by atoms with Crippen molar-refractivity contribution in [3.05, 3.63) is 16.1 Å². The average Bonchev–Trinajstić information content (AvgIpc) is 2.75. The molecule has 100 valence electrons. The molecule has 0 unspecified atom stereocenters. The van der Waals surface area contributed by atoms with E-state index in [-0.39, 0.29) is 18.9 Å². The number of aryl methyl sites for hydroxylation is 1. The lowest BCUT2D eigenvalue weighted by Gasteiger charge is -2.36. The van der Waals surface area contributed by atoms with Gasteiger partial charge >= 0.3 is 0 Å². The molecule has 1 aromatic heterocycles. The maximum Gasteiger partial charge on any atom is 0.226 e. The molecule has 0 saturated carbocycles. The number of nitrogens with one attached hydrogen (secondary N) is 1. The predicted octanol–water partition coefficient (Wildman–Crippen LogP) is 0.652. The van der Waals surface area contributed by atoms with Gasteiger partial charge in [0, 0.05) is 18.6 Å². The van der Waals surface area contributed by atoms with Crippen LogP contribution in [-0.4, -0.2) is 41.4 Å². The Kier molecular flexibility index (Phi) is 4.31. The van der Waals surface area contributed by atoms with Crippen LogP contribution in [0.15, 0.2) is 5.38 Å². The van der Waals surface area contributed by atoms with Gasteiger partial charge in [0.25, 0.3) is 0 Å². The Morgan fingerprint density at radius 1 is 1.61 bits per heavy atom. The molecule has 0 aromatic carbocycles. The summed E-state index contributed by atoms with van der Waals surface area (Å²) in [7, 11) is 0. The first-order chi connectivity index (χ1) is 8.63. The fourth-order valence-corrected chi connectivity index (χ4v) is 2.69. The highest BCUT2D eigenvalue weighted by Gasteiger charge is 2.33. The zero-order valence-electron chi connectivity index (χ0n) is 10.4. The van der Waals surface area contributed by atoms with Gasteiger partial charge in [0.2, 0.25) is 5.91 Å². The first-order valence-electron chi connectivity index (χ1n) is 6.04. The van der Waals surface area contributed by atoms with Crippen molar-refractivity contribution in [3.8, 4) is 0 Å². The van der Waals surface area contributed by atoms with E-state index in [0.29, 0.717) is 26.1 Å². The van der Waals surface area contributed by atoms with Crippen LogP contribution in [0.3, 0.4) is 0 Å². The SMILES string of the molecule is Cc1nc(CC(=O)NC2(CO)CCOCC2)cs1. The van der Waals surface area contributed by atoms with Crippen molar-refractivity contribution in [2.24, 2.45) is 0 Å². The van der Waals surface area contributed by atoms with Crippen LogP contribution in [0.2, 0.25) is 0 Å². The minimum Gasteiger partial charge on any atom is -0.394 e. The molecule has 1 amide bonds. The number of ether oxygens (including phenoxy) is 1. The number of rotatable bonds is 4. The molecular formula is C12H18N2O3S. The molecule has 0 bridgehead atoms. The van der Waals surface area contributed by atoms with Gasteiger partial charge in [-0.2, -0.15) is 0 Å². The first kappa shape index (κ1) is 13.5. The third kappa shape index (κ3) is 3.28. The molecule has 2 heterocycles. The molecule has 0 aliphatic carbocycles. The van der Waals surface area contributed by atoms with Crippen LogP contribution < -0.4 is 5.32 Å². The van der Waals surface area contributed by atoms with Gasteiger partial charge in [-0.05, 0) is 19.8 Å². The number of aliphatic hydroxyl groups is 1. The molecule has 0 radical (unpaired) electrons. The molecule has 1 saturated heterocycles. The number of aromatic nitrogens is 1. The van der Waals surface area contributed by atoms with Crippen LogP contribution in [0.5, 0.6) is 0 Å². The minimum atomic E-state index is -0.513. The molecule has 2 N–H and O–H groups in total. The summed E-state index contributed by atoms with van der Waals surface area (Å²) < 4.78 is 5.26. The van der Waals surface area contributed by atoms with Gasteiger partial charge in [-0.3, -0.25) is 4.79 Å². The van der Waals surface area contributed by atoms with Crippen LogP contribution in [0, 0.1) is 6.92 Å². The van der Waals surface area contributed by atoms with E-state index >= 15 is 0 Å². The lowest BCUT2D eigenvalue weighted by atomic mass is 9.91. The maximum atomic E-state index is 12.0. The monoisotopic (exact) mass is 270 g/mol. The number of nitrogens with zero attached hydrogens (tertiary/aromatic N) is 1. The molecule has 2 rings (SSSR count). The Labute approximate surface area is 110 Å². The number of hydrogen-bond donors (Lipinski definition) is 2. The second-order valence-corrected chi connectivity index (χ2v) is 5.70. The van der Waals surface area contributed by atoms with Crippen molar-refractivity contribution < 1.29 is 14.6 Å². The topological polar surface area (TPSA) is 71.5 Å². The zero-order valence-corrected chi connectivity index (χ0v) is 11.3. The molecular weight excluding hydrogens is 252 g/mol. The van der Waals surface area contributed by atoms with Gasteiger partial charge in [0.1, 0.15) is 0 Å². The van der Waals surface area contributed by atoms with Crippen molar-refractivity contribution in [2.45, 2.75) is 31.7 Å². The van der Waals surface area contributed by atoms with Crippen molar-refractivity contribution in [1.82, 2.24) is 10.3 Å². The molecule has 1 fully saturated rings. The summed E-state index contributed by atoms with van der Waals surface area (Å²) in [4.78, 5) is 16.2. The Morgan fingerprint density at radius 3 is 2.89 bits per heavy atom. The predicted molar refractivity (Wildman–Crippen MR) is 68.6 cm³/mol. The molecule has 18 heavy (non-hydrogen) atoms. The van der Waals surface area contributed by atoms with Crippen LogP contribution in [0.25, 0.3) is 0 Å². The second kappa shape index (κ2) is 5.77. The summed E-state index contributed by atoms with van der Waals surface area (Å²) in [6, 6.07) is 0. The highest BCUT2D eigenvalue weighted by atomic mass is 32.1. The van der Waals surface area contributed by atoms with Crippen LogP contribution in [0.4, 0.5) is 0 Å². The summed E-state index contributed by atoms with van der Waals surface area (Å²) in [5.41, 5.74) is 0.274. The molecule has 1 aliphatic rings. The van der Waals surface area contributed by atoms with E-state index in [4.69, 9.17) is 4.74 Å². The lowest BCUT2D eigenvalue weighted by Crippen LogP contribution is -2.55. The summed E-state index contributed by atoms with van der Waals surface area (Å²) in [6.45, 7) is 3.03. The maximum absolute atomic E-state index is 12.0. The molecule has 0 atom stereocenters. The number of carbonyl (C=O) groups is 1. The summed E-state index contributed by atoms with van der Waals surface area (Å²) in [5, 5.41) is 15.3. The average molecular weight is 270 g/mol. The lowest BCUT2D eigenvalue weighted by molar-refractivity contribution is -0.124. The number of thiazole rings is 1. The van der Waals surface area contributed by atoms with Crippen molar-refractivity contribution in [3.63, 3.8) is 0 Å². The van der Waals surface area contributed by atoms with E-state index in [1.807, 2.05) is 12.3 Å². The van der Waals surface area contributed by atoms with E-state index in [2.05, 4.69) is 10.3 Å². The molecule has 6 heteroatoms. The van der Waals surface area contributed by atoms with Gasteiger partial charge in [-0.1, -0.05) is 0 Å². The Bertz CT molecular complexity index is 413. The number of amides is 1. The van der Waals surface area contributed by atoms with Crippen molar-refractivity contribution in [2.75, 3.05) is 19.8 Å². The Balaban J connectivity index is 1.93. The normalized spacial score (nSPS) is 18.6. The second-order valence-electron chi connectivity index (χ2n) is 4.63. The van der Waals surface area contributed by atoms with E-state index < -0.39 is 5.54 Å². The number of carbonyl (C=O) groups excluding carboxylic acids is 1. The van der Waals surface area contributed by atoms with Gasteiger partial charge in [-0.15, -0.1) is 11.3 Å². The largest absolute Gasteiger partial charge is 0.394 e. The fourth-order valence-electron chi connectivity index (χ4n) is 2.08. The standard InChI is InChI=1S/C12H18N2O3S/c1-9-13-10(7-18-9)6-11(16)14-12(8-15)2-4-17-5-3-12/h7,15H,2-6,8H2,1H3,(H,14,16). The Hall–Kier alpha value is -0.980. The summed E-state index contributed by atoms with van der Waals surface area (Å²) in [5.74, 6) is -0.0868. The highest BCUT2D eigenvalue weighted by molar-refractivity contribution is 7.09. The zero-order chi connectivity index (χ0) is 13.0.